The number of carboxylic acid groups (broad SMARTS) is 1. The predicted octanol–water partition coefficient (Wildman–Crippen LogP) is 1.92. The van der Waals surface area contributed by atoms with E-state index in [0.717, 1.165) is 12.2 Å². The number of hydrogen-bond donors (Lipinski definition) is 2. The van der Waals surface area contributed by atoms with Gasteiger partial charge < -0.3 is 10.4 Å². The van der Waals surface area contributed by atoms with E-state index in [0.29, 0.717) is 10.7 Å². The van der Waals surface area contributed by atoms with Crippen LogP contribution in [0.4, 0.5) is 5.69 Å². The van der Waals surface area contributed by atoms with Gasteiger partial charge >= 0.3 is 5.97 Å². The summed E-state index contributed by atoms with van der Waals surface area (Å²) in [4.78, 5) is 21.2. The molecule has 15 heavy (non-hydrogen) atoms. The van der Waals surface area contributed by atoms with Crippen molar-refractivity contribution in [1.29, 1.82) is 0 Å². The van der Waals surface area contributed by atoms with E-state index in [-0.39, 0.29) is 0 Å². The number of nitrogens with one attached hydrogen (secondary N) is 1. The lowest BCUT2D eigenvalue weighted by molar-refractivity contribution is -0.131. The Hall–Kier alpha value is -1.81. The second-order valence-corrected chi connectivity index (χ2v) is 3.11. The van der Waals surface area contributed by atoms with Crippen molar-refractivity contribution in [1.82, 2.24) is 0 Å². The summed E-state index contributed by atoms with van der Waals surface area (Å²) in [6, 6.07) is 6.57. The van der Waals surface area contributed by atoms with Crippen molar-refractivity contribution in [2.45, 2.75) is 0 Å². The van der Waals surface area contributed by atoms with Gasteiger partial charge in [0.2, 0.25) is 5.91 Å². The van der Waals surface area contributed by atoms with Gasteiger partial charge in [-0.05, 0) is 18.2 Å². The Morgan fingerprint density at radius 3 is 2.67 bits per heavy atom. The van der Waals surface area contributed by atoms with Gasteiger partial charge in [0.25, 0.3) is 0 Å². The highest BCUT2D eigenvalue weighted by molar-refractivity contribution is 6.30. The number of rotatable bonds is 3. The Kier molecular flexibility index (Phi) is 3.88. The van der Waals surface area contributed by atoms with Crippen LogP contribution in [-0.2, 0) is 9.59 Å². The summed E-state index contributed by atoms with van der Waals surface area (Å²) in [6.07, 6.45) is 1.70. The van der Waals surface area contributed by atoms with E-state index in [1.807, 2.05) is 0 Å². The predicted molar refractivity (Wildman–Crippen MR) is 56.9 cm³/mol. The Balaban J connectivity index is 2.63. The zero-order chi connectivity index (χ0) is 11.3. The summed E-state index contributed by atoms with van der Waals surface area (Å²) in [5.74, 6) is -1.68. The molecule has 5 heteroatoms. The van der Waals surface area contributed by atoms with Gasteiger partial charge in [-0.15, -0.1) is 0 Å². The first-order valence-electron chi connectivity index (χ1n) is 4.05. The SMILES string of the molecule is O=C(O)C=CC(=O)Nc1cccc(Cl)c1. The van der Waals surface area contributed by atoms with Crippen LogP contribution in [0, 0.1) is 0 Å². The fourth-order valence-electron chi connectivity index (χ4n) is 0.897. The summed E-state index contributed by atoms with van der Waals surface area (Å²) < 4.78 is 0. The Morgan fingerprint density at radius 2 is 2.07 bits per heavy atom. The van der Waals surface area contributed by atoms with Crippen molar-refractivity contribution in [3.05, 3.63) is 41.4 Å². The first-order valence-corrected chi connectivity index (χ1v) is 4.43. The number of aliphatic carboxylic acids is 1. The van der Waals surface area contributed by atoms with Gasteiger partial charge in [-0.1, -0.05) is 17.7 Å². The summed E-state index contributed by atoms with van der Waals surface area (Å²) in [5, 5.41) is 11.2. The molecule has 0 saturated carbocycles. The van der Waals surface area contributed by atoms with Crippen molar-refractivity contribution in [2.75, 3.05) is 5.32 Å². The number of carbonyl (C=O) groups excluding carboxylic acids is 1. The first-order chi connectivity index (χ1) is 7.08. The molecular weight excluding hydrogens is 218 g/mol. The first kappa shape index (κ1) is 11.3. The number of anilines is 1. The topological polar surface area (TPSA) is 66.4 Å². The maximum Gasteiger partial charge on any atom is 0.328 e. The average molecular weight is 226 g/mol. The summed E-state index contributed by atoms with van der Waals surface area (Å²) in [7, 11) is 0. The summed E-state index contributed by atoms with van der Waals surface area (Å²) in [5.41, 5.74) is 0.516. The number of benzene rings is 1. The number of hydrogen-bond acceptors (Lipinski definition) is 2. The third-order valence-corrected chi connectivity index (χ3v) is 1.70. The number of carbonyl (C=O) groups is 2. The number of halogens is 1. The van der Waals surface area contributed by atoms with Gasteiger partial charge in [-0.2, -0.15) is 0 Å². The fourth-order valence-corrected chi connectivity index (χ4v) is 1.09. The molecule has 1 rings (SSSR count). The zero-order valence-corrected chi connectivity index (χ0v) is 8.36. The number of amides is 1. The maximum absolute atomic E-state index is 11.1. The molecule has 1 aromatic rings. The standard InChI is InChI=1S/C10H8ClNO3/c11-7-2-1-3-8(6-7)12-9(13)4-5-10(14)15/h1-6H,(H,12,13)(H,14,15). The van der Waals surface area contributed by atoms with Crippen LogP contribution in [-0.4, -0.2) is 17.0 Å². The summed E-state index contributed by atoms with van der Waals surface area (Å²) >= 11 is 5.69. The molecule has 0 radical (unpaired) electrons. The molecular formula is C10H8ClNO3. The molecule has 0 fully saturated rings. The average Bonchev–Trinajstić information content (AvgIpc) is 2.15. The highest BCUT2D eigenvalue weighted by atomic mass is 35.5. The van der Waals surface area contributed by atoms with Gasteiger partial charge in [0.1, 0.15) is 0 Å². The van der Waals surface area contributed by atoms with E-state index in [1.165, 1.54) is 0 Å². The second kappa shape index (κ2) is 5.17. The Morgan fingerprint density at radius 1 is 1.33 bits per heavy atom. The van der Waals surface area contributed by atoms with Crippen LogP contribution < -0.4 is 5.32 Å². The molecule has 78 valence electrons. The van der Waals surface area contributed by atoms with Gasteiger partial charge in [0.15, 0.2) is 0 Å². The largest absolute Gasteiger partial charge is 0.478 e. The molecule has 0 unspecified atom stereocenters. The highest BCUT2D eigenvalue weighted by Crippen LogP contribution is 2.14. The molecule has 0 bridgehead atoms. The van der Waals surface area contributed by atoms with Crippen molar-refractivity contribution in [2.24, 2.45) is 0 Å². The van der Waals surface area contributed by atoms with Crippen LogP contribution in [0.15, 0.2) is 36.4 Å². The molecule has 0 aromatic heterocycles. The Labute approximate surface area is 91.2 Å². The van der Waals surface area contributed by atoms with E-state index in [4.69, 9.17) is 16.7 Å². The van der Waals surface area contributed by atoms with Crippen LogP contribution in [0.3, 0.4) is 0 Å². The molecule has 0 heterocycles. The smallest absolute Gasteiger partial charge is 0.328 e. The molecule has 4 nitrogen and oxygen atoms in total. The van der Waals surface area contributed by atoms with Crippen LogP contribution in [0.25, 0.3) is 0 Å². The van der Waals surface area contributed by atoms with Crippen LogP contribution >= 0.6 is 11.6 Å². The molecule has 0 aliphatic carbocycles. The molecule has 0 aliphatic rings. The van der Waals surface area contributed by atoms with Gasteiger partial charge in [0.05, 0.1) is 0 Å². The van der Waals surface area contributed by atoms with Crippen molar-refractivity contribution < 1.29 is 14.7 Å². The van der Waals surface area contributed by atoms with Crippen molar-refractivity contribution >= 4 is 29.2 Å². The molecule has 1 amide bonds. The molecule has 0 aliphatic heterocycles. The second-order valence-electron chi connectivity index (χ2n) is 2.67. The van der Waals surface area contributed by atoms with Gasteiger partial charge in [-0.3, -0.25) is 4.79 Å². The quantitative estimate of drug-likeness (QED) is 0.773. The highest BCUT2D eigenvalue weighted by Gasteiger charge is 1.98. The third kappa shape index (κ3) is 4.28. The monoisotopic (exact) mass is 225 g/mol. The maximum atomic E-state index is 11.1. The fraction of sp³-hybridized carbons (Fsp3) is 0. The van der Waals surface area contributed by atoms with Gasteiger partial charge in [-0.25, -0.2) is 4.79 Å². The minimum absolute atomic E-state index is 0.495. The van der Waals surface area contributed by atoms with Crippen molar-refractivity contribution in [3.8, 4) is 0 Å². The Bertz CT molecular complexity index is 415. The van der Waals surface area contributed by atoms with Gasteiger partial charge in [0, 0.05) is 22.9 Å². The molecule has 0 atom stereocenters. The van der Waals surface area contributed by atoms with E-state index in [1.54, 1.807) is 24.3 Å². The van der Waals surface area contributed by atoms with E-state index in [2.05, 4.69) is 5.32 Å². The molecule has 2 N–H and O–H groups in total. The van der Waals surface area contributed by atoms with Crippen LogP contribution in [0.5, 0.6) is 0 Å². The lowest BCUT2D eigenvalue weighted by Crippen LogP contribution is -2.08. The molecule has 1 aromatic carbocycles. The molecule has 0 spiro atoms. The van der Waals surface area contributed by atoms with E-state index in [9.17, 15) is 9.59 Å². The minimum Gasteiger partial charge on any atom is -0.478 e. The van der Waals surface area contributed by atoms with Crippen LogP contribution in [0.1, 0.15) is 0 Å². The normalized spacial score (nSPS) is 10.2. The van der Waals surface area contributed by atoms with Crippen LogP contribution in [0.2, 0.25) is 5.02 Å². The number of carboxylic acids is 1. The van der Waals surface area contributed by atoms with Crippen molar-refractivity contribution in [3.63, 3.8) is 0 Å². The van der Waals surface area contributed by atoms with E-state index < -0.39 is 11.9 Å². The lowest BCUT2D eigenvalue weighted by Gasteiger charge is -2.01. The zero-order valence-electron chi connectivity index (χ0n) is 7.61. The van der Waals surface area contributed by atoms with E-state index >= 15 is 0 Å². The third-order valence-electron chi connectivity index (χ3n) is 1.47. The molecule has 0 saturated heterocycles. The summed E-state index contributed by atoms with van der Waals surface area (Å²) in [6.45, 7) is 0. The minimum atomic E-state index is -1.17. The lowest BCUT2D eigenvalue weighted by atomic mass is 10.3.